The third kappa shape index (κ3) is 4.64. The molecule has 13 heavy (non-hydrogen) atoms. The largest absolute Gasteiger partial charge is 0.232 e. The standard InChI is InChI=1S/C8H8BrClO2S/c9-8-3-1-7(2-4-8)5-6-13(10,11)12/h1-4H,5-6H2. The Kier molecular flexibility index (Phi) is 3.76. The lowest BCUT2D eigenvalue weighted by Crippen LogP contribution is -2.00. The van der Waals surface area contributed by atoms with E-state index in [-0.39, 0.29) is 5.75 Å². The molecule has 0 fully saturated rings. The highest BCUT2D eigenvalue weighted by Gasteiger charge is 2.04. The lowest BCUT2D eigenvalue weighted by Gasteiger charge is -1.98. The molecule has 0 saturated heterocycles. The molecule has 0 amide bonds. The molecule has 0 heterocycles. The fourth-order valence-electron chi connectivity index (χ4n) is 0.891. The van der Waals surface area contributed by atoms with E-state index < -0.39 is 9.05 Å². The van der Waals surface area contributed by atoms with Gasteiger partial charge in [-0.2, -0.15) is 0 Å². The van der Waals surface area contributed by atoms with E-state index >= 15 is 0 Å². The highest BCUT2D eigenvalue weighted by atomic mass is 79.9. The summed E-state index contributed by atoms with van der Waals surface area (Å²) in [4.78, 5) is 0. The van der Waals surface area contributed by atoms with Crippen molar-refractivity contribution in [3.05, 3.63) is 34.3 Å². The van der Waals surface area contributed by atoms with E-state index in [2.05, 4.69) is 15.9 Å². The van der Waals surface area contributed by atoms with Crippen molar-refractivity contribution in [2.75, 3.05) is 5.75 Å². The zero-order valence-corrected chi connectivity index (χ0v) is 9.86. The Morgan fingerprint density at radius 1 is 1.23 bits per heavy atom. The lowest BCUT2D eigenvalue weighted by atomic mass is 10.2. The van der Waals surface area contributed by atoms with E-state index in [9.17, 15) is 8.42 Å². The van der Waals surface area contributed by atoms with Crippen LogP contribution in [0.15, 0.2) is 28.7 Å². The SMILES string of the molecule is O=S(=O)(Cl)CCc1ccc(Br)cc1. The van der Waals surface area contributed by atoms with Gasteiger partial charge in [0.1, 0.15) is 0 Å². The molecule has 0 spiro atoms. The maximum absolute atomic E-state index is 10.6. The van der Waals surface area contributed by atoms with E-state index in [0.29, 0.717) is 6.42 Å². The zero-order valence-electron chi connectivity index (χ0n) is 6.70. The molecule has 0 aliphatic heterocycles. The van der Waals surface area contributed by atoms with Crippen LogP contribution in [0.5, 0.6) is 0 Å². The summed E-state index contributed by atoms with van der Waals surface area (Å²) < 4.78 is 22.2. The number of hydrogen-bond acceptors (Lipinski definition) is 2. The quantitative estimate of drug-likeness (QED) is 0.799. The number of halogens is 2. The van der Waals surface area contributed by atoms with E-state index in [1.54, 1.807) is 0 Å². The first-order chi connectivity index (χ1) is 5.97. The van der Waals surface area contributed by atoms with Gasteiger partial charge < -0.3 is 0 Å². The number of aryl methyl sites for hydroxylation is 1. The zero-order chi connectivity index (χ0) is 9.90. The normalized spacial score (nSPS) is 11.5. The summed E-state index contributed by atoms with van der Waals surface area (Å²) in [5.41, 5.74) is 0.965. The molecule has 1 aromatic rings. The molecule has 0 saturated carbocycles. The maximum Gasteiger partial charge on any atom is 0.232 e. The second kappa shape index (κ2) is 4.44. The van der Waals surface area contributed by atoms with Crippen molar-refractivity contribution in [2.45, 2.75) is 6.42 Å². The van der Waals surface area contributed by atoms with Crippen molar-refractivity contribution in [3.8, 4) is 0 Å². The van der Waals surface area contributed by atoms with Crippen LogP contribution < -0.4 is 0 Å². The summed E-state index contributed by atoms with van der Waals surface area (Å²) in [6.45, 7) is 0. The average molecular weight is 284 g/mol. The van der Waals surface area contributed by atoms with Gasteiger partial charge in [0.05, 0.1) is 5.75 Å². The molecule has 0 atom stereocenters. The molecule has 0 aliphatic carbocycles. The van der Waals surface area contributed by atoms with Crippen LogP contribution in [0.3, 0.4) is 0 Å². The Bertz CT molecular complexity index is 372. The first kappa shape index (κ1) is 11.0. The van der Waals surface area contributed by atoms with Crippen LogP contribution >= 0.6 is 26.6 Å². The highest BCUT2D eigenvalue weighted by molar-refractivity contribution is 9.10. The fourth-order valence-corrected chi connectivity index (χ4v) is 1.87. The number of rotatable bonds is 3. The van der Waals surface area contributed by atoms with Crippen molar-refractivity contribution in [1.82, 2.24) is 0 Å². The van der Waals surface area contributed by atoms with Crippen LogP contribution in [0, 0.1) is 0 Å². The van der Waals surface area contributed by atoms with Crippen LogP contribution in [-0.4, -0.2) is 14.2 Å². The summed E-state index contributed by atoms with van der Waals surface area (Å²) in [7, 11) is 1.71. The minimum Gasteiger partial charge on any atom is -0.212 e. The van der Waals surface area contributed by atoms with Gasteiger partial charge in [0, 0.05) is 15.2 Å². The summed E-state index contributed by atoms with van der Waals surface area (Å²) in [5.74, 6) is -0.0177. The van der Waals surface area contributed by atoms with Gasteiger partial charge in [-0.25, -0.2) is 8.42 Å². The molecule has 0 bridgehead atoms. The van der Waals surface area contributed by atoms with Crippen LogP contribution in [0.1, 0.15) is 5.56 Å². The minimum absolute atomic E-state index is 0.0177. The van der Waals surface area contributed by atoms with Crippen LogP contribution in [-0.2, 0) is 15.5 Å². The van der Waals surface area contributed by atoms with Gasteiger partial charge in [-0.3, -0.25) is 0 Å². The second-order valence-electron chi connectivity index (χ2n) is 2.62. The summed E-state index contributed by atoms with van der Waals surface area (Å²) >= 11 is 3.29. The van der Waals surface area contributed by atoms with Gasteiger partial charge in [0.15, 0.2) is 0 Å². The second-order valence-corrected chi connectivity index (χ2v) is 6.43. The summed E-state index contributed by atoms with van der Waals surface area (Å²) in [6, 6.07) is 7.48. The van der Waals surface area contributed by atoms with Gasteiger partial charge in [-0.15, -0.1) is 0 Å². The van der Waals surface area contributed by atoms with Crippen molar-refractivity contribution < 1.29 is 8.42 Å². The molecule has 0 aliphatic rings. The van der Waals surface area contributed by atoms with Crippen molar-refractivity contribution in [1.29, 1.82) is 0 Å². The molecule has 0 aromatic heterocycles. The van der Waals surface area contributed by atoms with Gasteiger partial charge in [-0.1, -0.05) is 28.1 Å². The predicted molar refractivity (Wildman–Crippen MR) is 57.5 cm³/mol. The number of hydrogen-bond donors (Lipinski definition) is 0. The van der Waals surface area contributed by atoms with Gasteiger partial charge in [-0.05, 0) is 24.1 Å². The Labute approximate surface area is 90.5 Å². The van der Waals surface area contributed by atoms with E-state index in [0.717, 1.165) is 10.0 Å². The maximum atomic E-state index is 10.6. The predicted octanol–water partition coefficient (Wildman–Crippen LogP) is 2.56. The third-order valence-corrected chi connectivity index (χ3v) is 3.23. The molecule has 1 aromatic carbocycles. The Morgan fingerprint density at radius 2 is 1.77 bits per heavy atom. The van der Waals surface area contributed by atoms with Crippen LogP contribution in [0.25, 0.3) is 0 Å². The summed E-state index contributed by atoms with van der Waals surface area (Å²) in [6.07, 6.45) is 0.457. The molecule has 5 heteroatoms. The third-order valence-electron chi connectivity index (χ3n) is 1.55. The molecular formula is C8H8BrClO2S. The molecule has 2 nitrogen and oxygen atoms in total. The molecule has 0 unspecified atom stereocenters. The summed E-state index contributed by atoms with van der Waals surface area (Å²) in [5, 5.41) is 0. The molecule has 0 N–H and O–H groups in total. The van der Waals surface area contributed by atoms with Gasteiger partial charge >= 0.3 is 0 Å². The van der Waals surface area contributed by atoms with E-state index in [1.807, 2.05) is 24.3 Å². The topological polar surface area (TPSA) is 34.1 Å². The lowest BCUT2D eigenvalue weighted by molar-refractivity contribution is 0.609. The Balaban J connectivity index is 2.61. The highest BCUT2D eigenvalue weighted by Crippen LogP contribution is 2.11. The Hall–Kier alpha value is -0.0600. The first-order valence-corrected chi connectivity index (χ1v) is 6.91. The first-order valence-electron chi connectivity index (χ1n) is 3.64. The molecule has 1 rings (SSSR count). The monoisotopic (exact) mass is 282 g/mol. The molecular weight excluding hydrogens is 276 g/mol. The van der Waals surface area contributed by atoms with Gasteiger partial charge in [0.2, 0.25) is 9.05 Å². The van der Waals surface area contributed by atoms with Crippen molar-refractivity contribution in [3.63, 3.8) is 0 Å². The number of benzene rings is 1. The smallest absolute Gasteiger partial charge is 0.212 e. The van der Waals surface area contributed by atoms with E-state index in [1.165, 1.54) is 0 Å². The van der Waals surface area contributed by atoms with Crippen LogP contribution in [0.4, 0.5) is 0 Å². The van der Waals surface area contributed by atoms with E-state index in [4.69, 9.17) is 10.7 Å². The van der Waals surface area contributed by atoms with Crippen molar-refractivity contribution in [2.24, 2.45) is 0 Å². The minimum atomic E-state index is -3.37. The van der Waals surface area contributed by atoms with Gasteiger partial charge in [0.25, 0.3) is 0 Å². The molecule has 0 radical (unpaired) electrons. The van der Waals surface area contributed by atoms with Crippen molar-refractivity contribution >= 4 is 35.7 Å². The fraction of sp³-hybridized carbons (Fsp3) is 0.250. The molecule has 72 valence electrons. The Morgan fingerprint density at radius 3 is 2.23 bits per heavy atom. The average Bonchev–Trinajstić information content (AvgIpc) is 2.02. The van der Waals surface area contributed by atoms with Crippen LogP contribution in [0.2, 0.25) is 0 Å².